The lowest BCUT2D eigenvalue weighted by atomic mass is 10.1. The van der Waals surface area contributed by atoms with E-state index in [4.69, 9.17) is 15.2 Å². The largest absolute Gasteiger partial charge is 0.494 e. The van der Waals surface area contributed by atoms with Crippen molar-refractivity contribution in [3.05, 3.63) is 23.3 Å². The Bertz CT molecular complexity index is 487. The molecule has 2 N–H and O–H groups in total. The third-order valence-electron chi connectivity index (χ3n) is 3.37. The minimum atomic E-state index is -0.274. The summed E-state index contributed by atoms with van der Waals surface area (Å²) in [5.74, 6) is 1.40. The van der Waals surface area contributed by atoms with Crippen molar-refractivity contribution in [3.8, 4) is 11.5 Å². The fourth-order valence-corrected chi connectivity index (χ4v) is 2.47. The highest BCUT2D eigenvalue weighted by molar-refractivity contribution is 5.69. The van der Waals surface area contributed by atoms with E-state index in [-0.39, 0.29) is 18.4 Å². The first kappa shape index (κ1) is 14.7. The summed E-state index contributed by atoms with van der Waals surface area (Å²) in [7, 11) is 1.37. The Morgan fingerprint density at radius 3 is 2.40 bits per heavy atom. The number of ether oxygens (including phenoxy) is 3. The zero-order valence-corrected chi connectivity index (χ0v) is 12.0. The molecule has 5 heteroatoms. The van der Waals surface area contributed by atoms with Crippen LogP contribution in [-0.4, -0.2) is 32.3 Å². The first-order chi connectivity index (χ1) is 9.65. The van der Waals surface area contributed by atoms with E-state index < -0.39 is 0 Å². The molecule has 0 saturated carbocycles. The molecule has 0 spiro atoms. The molecular formula is C15H21NO4. The fourth-order valence-electron chi connectivity index (χ4n) is 2.47. The van der Waals surface area contributed by atoms with E-state index in [1.165, 1.54) is 7.11 Å². The van der Waals surface area contributed by atoms with Crippen LogP contribution < -0.4 is 15.2 Å². The number of methoxy groups -OCH3 is 1. The van der Waals surface area contributed by atoms with Gasteiger partial charge in [-0.05, 0) is 31.9 Å². The van der Waals surface area contributed by atoms with Gasteiger partial charge in [0.1, 0.15) is 11.5 Å². The van der Waals surface area contributed by atoms with Crippen LogP contribution in [-0.2, 0) is 22.4 Å². The zero-order valence-electron chi connectivity index (χ0n) is 12.0. The molecule has 1 aliphatic carbocycles. The molecule has 110 valence electrons. The van der Waals surface area contributed by atoms with Crippen LogP contribution in [0.5, 0.6) is 11.5 Å². The second-order valence-electron chi connectivity index (χ2n) is 4.79. The highest BCUT2D eigenvalue weighted by atomic mass is 16.5. The lowest BCUT2D eigenvalue weighted by Crippen LogP contribution is -2.19. The molecule has 0 heterocycles. The molecule has 1 aliphatic rings. The molecule has 0 fully saturated rings. The second kappa shape index (κ2) is 6.61. The van der Waals surface area contributed by atoms with E-state index >= 15 is 0 Å². The van der Waals surface area contributed by atoms with Crippen molar-refractivity contribution in [2.24, 2.45) is 5.73 Å². The number of esters is 1. The number of carbonyl (C=O) groups excluding carboxylic acids is 1. The molecule has 1 aromatic carbocycles. The van der Waals surface area contributed by atoms with E-state index in [0.717, 1.165) is 35.5 Å². The third kappa shape index (κ3) is 3.22. The maximum atomic E-state index is 11.1. The Morgan fingerprint density at radius 2 is 1.85 bits per heavy atom. The molecule has 0 aliphatic heterocycles. The van der Waals surface area contributed by atoms with Crippen molar-refractivity contribution in [3.63, 3.8) is 0 Å². The Balaban J connectivity index is 2.11. The molecule has 1 unspecified atom stereocenters. The maximum absolute atomic E-state index is 11.1. The van der Waals surface area contributed by atoms with Crippen molar-refractivity contribution in [1.82, 2.24) is 0 Å². The summed E-state index contributed by atoms with van der Waals surface area (Å²) in [6.45, 7) is 2.90. The molecular weight excluding hydrogens is 258 g/mol. The molecule has 0 bridgehead atoms. The maximum Gasteiger partial charge on any atom is 0.308 e. The van der Waals surface area contributed by atoms with Crippen molar-refractivity contribution < 1.29 is 19.0 Å². The number of hydrogen-bond donors (Lipinski definition) is 1. The predicted molar refractivity (Wildman–Crippen MR) is 75.1 cm³/mol. The van der Waals surface area contributed by atoms with E-state index in [0.29, 0.717) is 13.2 Å². The number of fused-ring (bicyclic) bond motifs is 1. The summed E-state index contributed by atoms with van der Waals surface area (Å²) in [5.41, 5.74) is 8.27. The molecule has 1 atom stereocenters. The van der Waals surface area contributed by atoms with Gasteiger partial charge in [0, 0.05) is 17.2 Å². The Hall–Kier alpha value is -1.75. The van der Waals surface area contributed by atoms with Gasteiger partial charge in [0.2, 0.25) is 0 Å². The zero-order chi connectivity index (χ0) is 14.5. The van der Waals surface area contributed by atoms with Gasteiger partial charge in [-0.15, -0.1) is 0 Å². The first-order valence-corrected chi connectivity index (χ1v) is 6.88. The molecule has 1 aromatic rings. The fraction of sp³-hybridized carbons (Fsp3) is 0.533. The van der Waals surface area contributed by atoms with Gasteiger partial charge in [-0.25, -0.2) is 0 Å². The van der Waals surface area contributed by atoms with Crippen LogP contribution in [0, 0.1) is 0 Å². The highest BCUT2D eigenvalue weighted by Gasteiger charge is 2.25. The van der Waals surface area contributed by atoms with Gasteiger partial charge < -0.3 is 19.9 Å². The molecule has 2 rings (SSSR count). The second-order valence-corrected chi connectivity index (χ2v) is 4.79. The van der Waals surface area contributed by atoms with E-state index in [1.807, 2.05) is 19.1 Å². The van der Waals surface area contributed by atoms with Crippen LogP contribution in [0.2, 0.25) is 0 Å². The summed E-state index contributed by atoms with van der Waals surface area (Å²) in [5, 5.41) is 0. The quantitative estimate of drug-likeness (QED) is 0.798. The summed E-state index contributed by atoms with van der Waals surface area (Å²) in [4.78, 5) is 11.1. The van der Waals surface area contributed by atoms with E-state index in [9.17, 15) is 4.79 Å². The minimum absolute atomic E-state index is 0.106. The SMILES string of the molecule is CCOc1ccc(OCCC(=O)OC)c2c1CC(N)C2. The van der Waals surface area contributed by atoms with Gasteiger partial charge in [0.15, 0.2) is 0 Å². The lowest BCUT2D eigenvalue weighted by molar-refractivity contribution is -0.141. The van der Waals surface area contributed by atoms with Crippen LogP contribution in [0.15, 0.2) is 12.1 Å². The van der Waals surface area contributed by atoms with E-state index in [1.54, 1.807) is 0 Å². The normalized spacial score (nSPS) is 16.6. The molecule has 20 heavy (non-hydrogen) atoms. The van der Waals surface area contributed by atoms with Gasteiger partial charge in [-0.1, -0.05) is 0 Å². The number of carbonyl (C=O) groups is 1. The highest BCUT2D eigenvalue weighted by Crippen LogP contribution is 2.36. The van der Waals surface area contributed by atoms with Crippen molar-refractivity contribution >= 4 is 5.97 Å². The Morgan fingerprint density at radius 1 is 1.25 bits per heavy atom. The average Bonchev–Trinajstić information content (AvgIpc) is 2.83. The monoisotopic (exact) mass is 279 g/mol. The summed E-state index contributed by atoms with van der Waals surface area (Å²) < 4.78 is 15.9. The van der Waals surface area contributed by atoms with Gasteiger partial charge in [0.25, 0.3) is 0 Å². The van der Waals surface area contributed by atoms with Crippen LogP contribution in [0.25, 0.3) is 0 Å². The van der Waals surface area contributed by atoms with E-state index in [2.05, 4.69) is 4.74 Å². The molecule has 0 radical (unpaired) electrons. The lowest BCUT2D eigenvalue weighted by Gasteiger charge is -2.14. The van der Waals surface area contributed by atoms with Crippen molar-refractivity contribution in [2.75, 3.05) is 20.3 Å². The molecule has 5 nitrogen and oxygen atoms in total. The standard InChI is InChI=1S/C15H21NO4/c1-3-19-13-4-5-14(20-7-6-15(17)18-2)12-9-10(16)8-11(12)13/h4-5,10H,3,6-9,16H2,1-2H3. The number of rotatable bonds is 6. The van der Waals surface area contributed by atoms with Crippen molar-refractivity contribution in [1.29, 1.82) is 0 Å². The summed E-state index contributed by atoms with van der Waals surface area (Å²) in [6.07, 6.45) is 1.83. The first-order valence-electron chi connectivity index (χ1n) is 6.88. The van der Waals surface area contributed by atoms with Crippen LogP contribution in [0.4, 0.5) is 0 Å². The predicted octanol–water partition coefficient (Wildman–Crippen LogP) is 1.45. The number of benzene rings is 1. The summed E-state index contributed by atoms with van der Waals surface area (Å²) >= 11 is 0. The van der Waals surface area contributed by atoms with Crippen LogP contribution in [0.1, 0.15) is 24.5 Å². The number of nitrogens with two attached hydrogens (primary N) is 1. The third-order valence-corrected chi connectivity index (χ3v) is 3.37. The van der Waals surface area contributed by atoms with Crippen LogP contribution >= 0.6 is 0 Å². The van der Waals surface area contributed by atoms with Crippen molar-refractivity contribution in [2.45, 2.75) is 32.2 Å². The molecule has 0 amide bonds. The Labute approximate surface area is 119 Å². The number of hydrogen-bond acceptors (Lipinski definition) is 5. The average molecular weight is 279 g/mol. The van der Waals surface area contributed by atoms with Gasteiger partial charge in [-0.2, -0.15) is 0 Å². The smallest absolute Gasteiger partial charge is 0.308 e. The Kier molecular flexibility index (Phi) is 4.84. The molecule has 0 saturated heterocycles. The van der Waals surface area contributed by atoms with Crippen LogP contribution in [0.3, 0.4) is 0 Å². The van der Waals surface area contributed by atoms with Gasteiger partial charge in [-0.3, -0.25) is 4.79 Å². The summed E-state index contributed by atoms with van der Waals surface area (Å²) in [6, 6.07) is 3.90. The topological polar surface area (TPSA) is 70.8 Å². The van der Waals surface area contributed by atoms with Gasteiger partial charge in [0.05, 0.1) is 26.7 Å². The minimum Gasteiger partial charge on any atom is -0.494 e. The van der Waals surface area contributed by atoms with Gasteiger partial charge >= 0.3 is 5.97 Å². The molecule has 0 aromatic heterocycles.